The van der Waals surface area contributed by atoms with Crippen molar-refractivity contribution in [2.75, 3.05) is 6.67 Å². The molecule has 6 heteroatoms. The average Bonchev–Trinajstić information content (AvgIpc) is 2.60. The molecule has 3 atom stereocenters. The molecule has 0 aliphatic carbocycles. The van der Waals surface area contributed by atoms with Crippen LogP contribution in [0.25, 0.3) is 0 Å². The summed E-state index contributed by atoms with van der Waals surface area (Å²) in [6.45, 7) is 1.09. The summed E-state index contributed by atoms with van der Waals surface area (Å²) in [4.78, 5) is 15.2. The molecule has 0 N–H and O–H groups in total. The van der Waals surface area contributed by atoms with E-state index in [-0.39, 0.29) is 23.9 Å². The molecule has 5 nitrogen and oxygen atoms in total. The number of hydrogen-bond acceptors (Lipinski definition) is 4. The number of halogens is 1. The van der Waals surface area contributed by atoms with Gasteiger partial charge < -0.3 is 9.47 Å². The highest BCUT2D eigenvalue weighted by Gasteiger charge is 2.43. The normalized spacial score (nSPS) is 31.0. The Balaban J connectivity index is 2.06. The molecular formula is C10H11FN2O3. The maximum atomic E-state index is 12.6. The highest BCUT2D eigenvalue weighted by atomic mass is 19.1. The predicted molar refractivity (Wildman–Crippen MR) is 52.2 cm³/mol. The zero-order chi connectivity index (χ0) is 11.3. The van der Waals surface area contributed by atoms with Gasteiger partial charge in [-0.2, -0.15) is 4.98 Å². The van der Waals surface area contributed by atoms with Gasteiger partial charge >= 0.3 is 6.01 Å². The Morgan fingerprint density at radius 2 is 2.50 bits per heavy atom. The number of rotatable bonds is 1. The van der Waals surface area contributed by atoms with Crippen LogP contribution in [0.4, 0.5) is 4.39 Å². The van der Waals surface area contributed by atoms with Gasteiger partial charge in [0.05, 0.1) is 0 Å². The van der Waals surface area contributed by atoms with Crippen molar-refractivity contribution >= 4 is 0 Å². The van der Waals surface area contributed by atoms with Crippen LogP contribution in [-0.2, 0) is 4.74 Å². The van der Waals surface area contributed by atoms with Crippen molar-refractivity contribution in [3.63, 3.8) is 0 Å². The Morgan fingerprint density at radius 3 is 3.25 bits per heavy atom. The fourth-order valence-electron chi connectivity index (χ4n) is 2.12. The highest BCUT2D eigenvalue weighted by molar-refractivity contribution is 5.13. The van der Waals surface area contributed by atoms with Gasteiger partial charge in [-0.15, -0.1) is 0 Å². The molecular weight excluding hydrogens is 215 g/mol. The first-order chi connectivity index (χ1) is 7.69. The number of nitrogens with zero attached hydrogens (tertiary/aromatic N) is 2. The van der Waals surface area contributed by atoms with E-state index in [1.165, 1.54) is 0 Å². The predicted octanol–water partition coefficient (Wildman–Crippen LogP) is 0.570. The number of ether oxygens (including phenoxy) is 2. The quantitative estimate of drug-likeness (QED) is 0.702. The van der Waals surface area contributed by atoms with Crippen molar-refractivity contribution in [1.29, 1.82) is 0 Å². The second-order valence-electron chi connectivity index (χ2n) is 4.09. The van der Waals surface area contributed by atoms with Crippen molar-refractivity contribution in [2.24, 2.45) is 0 Å². The van der Waals surface area contributed by atoms with Crippen LogP contribution in [0.5, 0.6) is 6.01 Å². The standard InChI is InChI=1S/C10H11FN2O3/c1-5-4-13-8-2-6(7(3-11)15-8)16-10(13)12-9(5)14/h4,6-8H,2-3H2,1H3/t6-,7-,8-/m1/s1. The summed E-state index contributed by atoms with van der Waals surface area (Å²) >= 11 is 0. The molecule has 16 heavy (non-hydrogen) atoms. The molecule has 2 aliphatic rings. The summed E-state index contributed by atoms with van der Waals surface area (Å²) in [5.74, 6) is 0. The van der Waals surface area contributed by atoms with E-state index in [0.29, 0.717) is 12.0 Å². The van der Waals surface area contributed by atoms with Crippen LogP contribution in [0.1, 0.15) is 18.2 Å². The fraction of sp³-hybridized carbons (Fsp3) is 0.600. The van der Waals surface area contributed by atoms with Crippen molar-refractivity contribution < 1.29 is 13.9 Å². The third-order valence-electron chi connectivity index (χ3n) is 2.99. The Bertz CT molecular complexity index is 487. The van der Waals surface area contributed by atoms with Gasteiger partial charge in [0.1, 0.15) is 25.1 Å². The topological polar surface area (TPSA) is 53.4 Å². The Morgan fingerprint density at radius 1 is 1.69 bits per heavy atom. The van der Waals surface area contributed by atoms with Crippen LogP contribution >= 0.6 is 0 Å². The first kappa shape index (κ1) is 9.77. The average molecular weight is 226 g/mol. The van der Waals surface area contributed by atoms with Crippen molar-refractivity contribution in [3.8, 4) is 6.01 Å². The summed E-state index contributed by atoms with van der Waals surface area (Å²) < 4.78 is 25.2. The summed E-state index contributed by atoms with van der Waals surface area (Å²) in [6, 6.07) is 0.229. The lowest BCUT2D eigenvalue weighted by molar-refractivity contribution is -0.00878. The number of hydrogen-bond donors (Lipinski definition) is 0. The van der Waals surface area contributed by atoms with Crippen molar-refractivity contribution in [3.05, 3.63) is 22.1 Å². The molecule has 2 aliphatic heterocycles. The summed E-state index contributed by atoms with van der Waals surface area (Å²) in [6.07, 6.45) is 1.10. The van der Waals surface area contributed by atoms with E-state index in [1.54, 1.807) is 17.7 Å². The molecule has 1 aromatic heterocycles. The Labute approximate surface area is 90.8 Å². The van der Waals surface area contributed by atoms with Crippen LogP contribution in [0, 0.1) is 6.92 Å². The van der Waals surface area contributed by atoms with E-state index < -0.39 is 12.8 Å². The molecule has 2 bridgehead atoms. The van der Waals surface area contributed by atoms with Gasteiger partial charge in [0.15, 0.2) is 0 Å². The minimum absolute atomic E-state index is 0.229. The molecule has 3 heterocycles. The van der Waals surface area contributed by atoms with Gasteiger partial charge in [0.25, 0.3) is 5.56 Å². The van der Waals surface area contributed by atoms with E-state index in [0.717, 1.165) is 0 Å². The number of alkyl halides is 1. The monoisotopic (exact) mass is 226 g/mol. The van der Waals surface area contributed by atoms with E-state index in [4.69, 9.17) is 9.47 Å². The minimum Gasteiger partial charge on any atom is -0.458 e. The van der Waals surface area contributed by atoms with Crippen LogP contribution in [0.15, 0.2) is 11.0 Å². The van der Waals surface area contributed by atoms with Gasteiger partial charge in [-0.05, 0) is 6.92 Å². The molecule has 0 amide bonds. The number of aromatic nitrogens is 2. The first-order valence-corrected chi connectivity index (χ1v) is 5.17. The lowest BCUT2D eigenvalue weighted by Gasteiger charge is -2.23. The molecule has 3 rings (SSSR count). The Kier molecular flexibility index (Phi) is 2.00. The van der Waals surface area contributed by atoms with Crippen LogP contribution in [-0.4, -0.2) is 28.4 Å². The number of fused-ring (bicyclic) bond motifs is 4. The maximum Gasteiger partial charge on any atom is 0.302 e. The van der Waals surface area contributed by atoms with Crippen LogP contribution in [0.2, 0.25) is 0 Å². The molecule has 0 unspecified atom stereocenters. The van der Waals surface area contributed by atoms with Crippen LogP contribution < -0.4 is 10.3 Å². The second kappa shape index (κ2) is 3.28. The van der Waals surface area contributed by atoms with Gasteiger partial charge in [-0.3, -0.25) is 9.36 Å². The summed E-state index contributed by atoms with van der Waals surface area (Å²) in [5, 5.41) is 0. The van der Waals surface area contributed by atoms with Gasteiger partial charge in [0, 0.05) is 18.2 Å². The third-order valence-corrected chi connectivity index (χ3v) is 2.99. The lowest BCUT2D eigenvalue weighted by Crippen LogP contribution is -2.32. The van der Waals surface area contributed by atoms with Gasteiger partial charge in [0.2, 0.25) is 0 Å². The molecule has 86 valence electrons. The van der Waals surface area contributed by atoms with E-state index in [9.17, 15) is 9.18 Å². The maximum absolute atomic E-state index is 12.6. The van der Waals surface area contributed by atoms with Crippen molar-refractivity contribution in [2.45, 2.75) is 31.8 Å². The first-order valence-electron chi connectivity index (χ1n) is 5.17. The van der Waals surface area contributed by atoms with Gasteiger partial charge in [-0.1, -0.05) is 0 Å². The molecule has 0 radical (unpaired) electrons. The Hall–Kier alpha value is -1.43. The largest absolute Gasteiger partial charge is 0.458 e. The molecule has 1 fully saturated rings. The van der Waals surface area contributed by atoms with Crippen molar-refractivity contribution in [1.82, 2.24) is 9.55 Å². The smallest absolute Gasteiger partial charge is 0.302 e. The van der Waals surface area contributed by atoms with E-state index in [2.05, 4.69) is 4.98 Å². The second-order valence-corrected chi connectivity index (χ2v) is 4.09. The summed E-state index contributed by atoms with van der Waals surface area (Å²) in [5.41, 5.74) is 0.211. The molecule has 0 spiro atoms. The third kappa shape index (κ3) is 1.26. The molecule has 1 saturated heterocycles. The highest BCUT2D eigenvalue weighted by Crippen LogP contribution is 2.37. The van der Waals surface area contributed by atoms with E-state index in [1.807, 2.05) is 0 Å². The summed E-state index contributed by atoms with van der Waals surface area (Å²) in [7, 11) is 0. The lowest BCUT2D eigenvalue weighted by atomic mass is 10.2. The van der Waals surface area contributed by atoms with Crippen LogP contribution in [0.3, 0.4) is 0 Å². The molecule has 1 aromatic rings. The van der Waals surface area contributed by atoms with Gasteiger partial charge in [-0.25, -0.2) is 4.39 Å². The zero-order valence-electron chi connectivity index (χ0n) is 8.72. The van der Waals surface area contributed by atoms with E-state index >= 15 is 0 Å². The molecule has 0 saturated carbocycles. The number of aryl methyl sites for hydroxylation is 1. The SMILES string of the molecule is Cc1cn2c(nc1=O)O[C@@H]1C[C@H]2O[C@@H]1CF. The zero-order valence-corrected chi connectivity index (χ0v) is 8.72. The molecule has 0 aromatic carbocycles. The fourth-order valence-corrected chi connectivity index (χ4v) is 2.12. The minimum atomic E-state index is -0.584.